The van der Waals surface area contributed by atoms with Crippen LogP contribution in [0.5, 0.6) is 0 Å². The summed E-state index contributed by atoms with van der Waals surface area (Å²) in [6.07, 6.45) is 4.02. The first-order valence-electron chi connectivity index (χ1n) is 6.26. The highest BCUT2D eigenvalue weighted by Crippen LogP contribution is 2.30. The Morgan fingerprint density at radius 1 is 1.53 bits per heavy atom. The molecule has 2 aromatic rings. The van der Waals surface area contributed by atoms with Crippen molar-refractivity contribution in [2.75, 3.05) is 16.8 Å². The first-order valence-corrected chi connectivity index (χ1v) is 6.26. The van der Waals surface area contributed by atoms with Gasteiger partial charge in [0.05, 0.1) is 12.7 Å². The van der Waals surface area contributed by atoms with Crippen LogP contribution < -0.4 is 10.2 Å². The number of fused-ring (bicyclic) bond motifs is 1. The largest absolute Gasteiger partial charge is 0.447 e. The number of oxazole rings is 1. The van der Waals surface area contributed by atoms with Crippen molar-refractivity contribution in [1.29, 1.82) is 0 Å². The number of carbonyl (C=O) groups excluding carboxylic acids is 1. The second-order valence-electron chi connectivity index (χ2n) is 4.59. The molecule has 0 fully saturated rings. The fourth-order valence-electron chi connectivity index (χ4n) is 2.36. The molecule has 0 radical (unpaired) electrons. The average molecular weight is 257 g/mol. The van der Waals surface area contributed by atoms with E-state index in [1.165, 1.54) is 12.0 Å². The predicted octanol–water partition coefficient (Wildman–Crippen LogP) is 2.20. The molecule has 0 unspecified atom stereocenters. The molecule has 98 valence electrons. The van der Waals surface area contributed by atoms with Crippen LogP contribution in [0.3, 0.4) is 0 Å². The van der Waals surface area contributed by atoms with E-state index in [0.717, 1.165) is 30.1 Å². The highest BCUT2D eigenvalue weighted by molar-refractivity contribution is 5.94. The Kier molecular flexibility index (Phi) is 2.95. The van der Waals surface area contributed by atoms with E-state index >= 15 is 0 Å². The summed E-state index contributed by atoms with van der Waals surface area (Å²) in [6, 6.07) is 6.07. The first kappa shape index (κ1) is 11.8. The number of hydrogen-bond donors (Lipinski definition) is 1. The molecule has 1 aliphatic heterocycles. The van der Waals surface area contributed by atoms with E-state index in [0.29, 0.717) is 6.54 Å². The Hall–Kier alpha value is -2.30. The molecule has 0 spiro atoms. The fraction of sp³-hybridized carbons (Fsp3) is 0.286. The van der Waals surface area contributed by atoms with Crippen molar-refractivity contribution in [2.24, 2.45) is 0 Å². The average Bonchev–Trinajstić information content (AvgIpc) is 3.05. The van der Waals surface area contributed by atoms with E-state index in [1.54, 1.807) is 13.1 Å². The van der Waals surface area contributed by atoms with Gasteiger partial charge in [0.15, 0.2) is 6.39 Å². The maximum Gasteiger partial charge on any atom is 0.223 e. The van der Waals surface area contributed by atoms with Crippen molar-refractivity contribution in [3.05, 3.63) is 42.1 Å². The van der Waals surface area contributed by atoms with E-state index in [2.05, 4.69) is 16.4 Å². The molecule has 5 heteroatoms. The molecule has 0 saturated carbocycles. The summed E-state index contributed by atoms with van der Waals surface area (Å²) in [6.45, 7) is 2.98. The number of benzene rings is 1. The zero-order valence-electron chi connectivity index (χ0n) is 10.7. The lowest BCUT2D eigenvalue weighted by molar-refractivity contribution is -0.116. The SMILES string of the molecule is CC(=O)N1CCc2cc(NCc3cnco3)ccc21. The summed E-state index contributed by atoms with van der Waals surface area (Å²) in [5.41, 5.74) is 3.26. The Labute approximate surface area is 111 Å². The smallest absolute Gasteiger partial charge is 0.223 e. The fourth-order valence-corrected chi connectivity index (χ4v) is 2.36. The summed E-state index contributed by atoms with van der Waals surface area (Å²) in [5, 5.41) is 3.28. The van der Waals surface area contributed by atoms with Crippen LogP contribution in [0.25, 0.3) is 0 Å². The van der Waals surface area contributed by atoms with Crippen molar-refractivity contribution in [3.63, 3.8) is 0 Å². The van der Waals surface area contributed by atoms with Crippen LogP contribution in [0.4, 0.5) is 11.4 Å². The minimum atomic E-state index is 0.0983. The van der Waals surface area contributed by atoms with Crippen molar-refractivity contribution < 1.29 is 9.21 Å². The Bertz CT molecular complexity index is 593. The van der Waals surface area contributed by atoms with Crippen molar-refractivity contribution in [3.8, 4) is 0 Å². The van der Waals surface area contributed by atoms with Crippen LogP contribution >= 0.6 is 0 Å². The number of rotatable bonds is 3. The molecule has 1 aliphatic rings. The van der Waals surface area contributed by atoms with E-state index in [4.69, 9.17) is 4.42 Å². The maximum atomic E-state index is 11.5. The number of nitrogens with zero attached hydrogens (tertiary/aromatic N) is 2. The number of carbonyl (C=O) groups is 1. The van der Waals surface area contributed by atoms with Gasteiger partial charge in [-0.25, -0.2) is 4.98 Å². The normalized spacial score (nSPS) is 13.4. The highest BCUT2D eigenvalue weighted by atomic mass is 16.3. The Balaban J connectivity index is 1.74. The van der Waals surface area contributed by atoms with Gasteiger partial charge in [-0.2, -0.15) is 0 Å². The number of amides is 1. The van der Waals surface area contributed by atoms with Crippen molar-refractivity contribution in [2.45, 2.75) is 19.9 Å². The Morgan fingerprint density at radius 3 is 3.16 bits per heavy atom. The summed E-state index contributed by atoms with van der Waals surface area (Å²) in [5.74, 6) is 0.895. The lowest BCUT2D eigenvalue weighted by Gasteiger charge is -2.15. The molecule has 0 atom stereocenters. The van der Waals surface area contributed by atoms with E-state index in [1.807, 2.05) is 17.0 Å². The second kappa shape index (κ2) is 4.76. The molecule has 0 saturated heterocycles. The van der Waals surface area contributed by atoms with Crippen LogP contribution in [0.2, 0.25) is 0 Å². The van der Waals surface area contributed by atoms with Gasteiger partial charge < -0.3 is 14.6 Å². The zero-order valence-corrected chi connectivity index (χ0v) is 10.7. The van der Waals surface area contributed by atoms with Gasteiger partial charge in [-0.05, 0) is 30.2 Å². The minimum absolute atomic E-state index is 0.0983. The molecule has 3 rings (SSSR count). The van der Waals surface area contributed by atoms with E-state index in [-0.39, 0.29) is 5.91 Å². The highest BCUT2D eigenvalue weighted by Gasteiger charge is 2.21. The lowest BCUT2D eigenvalue weighted by Crippen LogP contribution is -2.25. The van der Waals surface area contributed by atoms with Crippen LogP contribution in [-0.2, 0) is 17.8 Å². The van der Waals surface area contributed by atoms with Gasteiger partial charge in [0.1, 0.15) is 5.76 Å². The molecule has 1 N–H and O–H groups in total. The van der Waals surface area contributed by atoms with Gasteiger partial charge in [0.25, 0.3) is 0 Å². The standard InChI is InChI=1S/C14H15N3O2/c1-10(18)17-5-4-11-6-12(2-3-14(11)17)16-8-13-7-15-9-19-13/h2-3,6-7,9,16H,4-5,8H2,1H3. The van der Waals surface area contributed by atoms with Crippen molar-refractivity contribution >= 4 is 17.3 Å². The topological polar surface area (TPSA) is 58.4 Å². The molecule has 2 heterocycles. The molecule has 1 aromatic heterocycles. The van der Waals surface area contributed by atoms with E-state index < -0.39 is 0 Å². The van der Waals surface area contributed by atoms with E-state index in [9.17, 15) is 4.79 Å². The number of aromatic nitrogens is 1. The second-order valence-corrected chi connectivity index (χ2v) is 4.59. The molecule has 1 amide bonds. The van der Waals surface area contributed by atoms with Crippen LogP contribution in [0.15, 0.2) is 35.2 Å². The molecule has 1 aromatic carbocycles. The molecule has 0 aliphatic carbocycles. The number of nitrogens with one attached hydrogen (secondary N) is 1. The first-order chi connectivity index (χ1) is 9.24. The third-order valence-corrected chi connectivity index (χ3v) is 3.31. The Morgan fingerprint density at radius 2 is 2.42 bits per heavy atom. The van der Waals surface area contributed by atoms with Gasteiger partial charge >= 0.3 is 0 Å². The van der Waals surface area contributed by atoms with Crippen LogP contribution in [0, 0.1) is 0 Å². The number of anilines is 2. The predicted molar refractivity (Wildman–Crippen MR) is 72.0 cm³/mol. The summed E-state index contributed by atoms with van der Waals surface area (Å²) >= 11 is 0. The zero-order chi connectivity index (χ0) is 13.2. The molecule has 0 bridgehead atoms. The quantitative estimate of drug-likeness (QED) is 0.915. The maximum absolute atomic E-state index is 11.5. The van der Waals surface area contributed by atoms with Gasteiger partial charge in [0.2, 0.25) is 5.91 Å². The van der Waals surface area contributed by atoms with Crippen molar-refractivity contribution in [1.82, 2.24) is 4.98 Å². The third kappa shape index (κ3) is 2.31. The number of hydrogen-bond acceptors (Lipinski definition) is 4. The lowest BCUT2D eigenvalue weighted by atomic mass is 10.1. The molecule has 19 heavy (non-hydrogen) atoms. The van der Waals surface area contributed by atoms with Gasteiger partial charge in [0, 0.05) is 24.8 Å². The van der Waals surface area contributed by atoms with Gasteiger partial charge in [-0.3, -0.25) is 4.79 Å². The van der Waals surface area contributed by atoms with Gasteiger partial charge in [-0.1, -0.05) is 0 Å². The molecular formula is C14H15N3O2. The van der Waals surface area contributed by atoms with Crippen LogP contribution in [-0.4, -0.2) is 17.4 Å². The molecule has 5 nitrogen and oxygen atoms in total. The molecular weight excluding hydrogens is 242 g/mol. The summed E-state index contributed by atoms with van der Waals surface area (Å²) < 4.78 is 5.17. The summed E-state index contributed by atoms with van der Waals surface area (Å²) in [7, 11) is 0. The third-order valence-electron chi connectivity index (χ3n) is 3.31. The monoisotopic (exact) mass is 257 g/mol. The van der Waals surface area contributed by atoms with Crippen LogP contribution in [0.1, 0.15) is 18.2 Å². The van der Waals surface area contributed by atoms with Gasteiger partial charge in [-0.15, -0.1) is 0 Å². The summed E-state index contributed by atoms with van der Waals surface area (Å²) in [4.78, 5) is 17.2. The minimum Gasteiger partial charge on any atom is -0.447 e.